The molecule has 4 aromatic rings. The normalized spacial score (nSPS) is 11.6. The molecular formula is C28H30IN3O3Si. The van der Waals surface area contributed by atoms with Gasteiger partial charge in [0.2, 0.25) is 0 Å². The van der Waals surface area contributed by atoms with E-state index in [1.54, 1.807) is 4.57 Å². The van der Waals surface area contributed by atoms with Crippen LogP contribution >= 0.6 is 22.6 Å². The Kier molecular flexibility index (Phi) is 8.06. The molecule has 0 aliphatic carbocycles. The molecule has 0 saturated heterocycles. The third kappa shape index (κ3) is 5.93. The van der Waals surface area contributed by atoms with E-state index in [4.69, 9.17) is 14.7 Å². The third-order valence-corrected chi connectivity index (χ3v) is 8.60. The summed E-state index contributed by atoms with van der Waals surface area (Å²) in [6.07, 6.45) is 0. The molecule has 0 bridgehead atoms. The van der Waals surface area contributed by atoms with Crippen molar-refractivity contribution in [1.29, 1.82) is 0 Å². The number of aromatic nitrogens is 2. The summed E-state index contributed by atoms with van der Waals surface area (Å²) < 4.78 is 8.23. The zero-order valence-corrected chi connectivity index (χ0v) is 24.1. The van der Waals surface area contributed by atoms with Crippen LogP contribution in [-0.4, -0.2) is 41.0 Å². The van der Waals surface area contributed by atoms with Crippen LogP contribution in [0.4, 0.5) is 5.82 Å². The molecule has 0 fully saturated rings. The number of ether oxygens (including phenoxy) is 1. The maximum atomic E-state index is 12.2. The predicted molar refractivity (Wildman–Crippen MR) is 156 cm³/mol. The van der Waals surface area contributed by atoms with Crippen LogP contribution in [0.25, 0.3) is 11.0 Å². The standard InChI is InChI=1S/C28H30IN3O3Si/c1-19-17-22-25(23(29)26(28(33)34)32(22)18-35-15-16-36(2,3)4)31-27(19)30-24(20-11-7-5-8-12-20)21-13-9-6-10-14-21/h5-14,17H,15-16,18H2,1-4H3,(H,33,34). The second kappa shape index (κ2) is 11.1. The lowest BCUT2D eigenvalue weighted by Gasteiger charge is -2.16. The van der Waals surface area contributed by atoms with Gasteiger partial charge in [-0.25, -0.2) is 14.8 Å². The molecule has 2 aromatic carbocycles. The maximum Gasteiger partial charge on any atom is 0.353 e. The number of carboxylic acids is 1. The number of aromatic carboxylic acids is 1. The zero-order chi connectivity index (χ0) is 25.9. The fourth-order valence-electron chi connectivity index (χ4n) is 3.89. The number of halogens is 1. The van der Waals surface area contributed by atoms with E-state index < -0.39 is 14.0 Å². The number of hydrogen-bond donors (Lipinski definition) is 1. The number of aliphatic imine (C=N–C) groups is 1. The summed E-state index contributed by atoms with van der Waals surface area (Å²) in [6.45, 7) is 9.62. The molecule has 0 amide bonds. The molecule has 0 unspecified atom stereocenters. The van der Waals surface area contributed by atoms with Crippen LogP contribution in [0.5, 0.6) is 0 Å². The SMILES string of the molecule is Cc1cc2c(nc1N=C(c1ccccc1)c1ccccc1)c(I)c(C(=O)O)n2COCC[Si](C)(C)C. The van der Waals surface area contributed by atoms with Gasteiger partial charge in [-0.3, -0.25) is 0 Å². The molecule has 0 radical (unpaired) electrons. The Balaban J connectivity index is 1.81. The van der Waals surface area contributed by atoms with Crippen molar-refractivity contribution in [2.24, 2.45) is 4.99 Å². The molecule has 0 atom stereocenters. The highest BCUT2D eigenvalue weighted by atomic mass is 127. The van der Waals surface area contributed by atoms with Crippen molar-refractivity contribution in [3.8, 4) is 0 Å². The van der Waals surface area contributed by atoms with E-state index in [0.717, 1.165) is 34.0 Å². The fraction of sp³-hybridized carbons (Fsp3) is 0.250. The van der Waals surface area contributed by atoms with Gasteiger partial charge in [0, 0.05) is 25.8 Å². The van der Waals surface area contributed by atoms with E-state index >= 15 is 0 Å². The number of hydrogen-bond acceptors (Lipinski definition) is 4. The number of rotatable bonds is 9. The smallest absolute Gasteiger partial charge is 0.353 e. The summed E-state index contributed by atoms with van der Waals surface area (Å²) in [5.74, 6) is -0.431. The van der Waals surface area contributed by atoms with E-state index in [0.29, 0.717) is 21.5 Å². The first-order chi connectivity index (χ1) is 17.2. The number of aryl methyl sites for hydroxylation is 1. The zero-order valence-electron chi connectivity index (χ0n) is 21.0. The van der Waals surface area contributed by atoms with Gasteiger partial charge < -0.3 is 14.4 Å². The van der Waals surface area contributed by atoms with Crippen LogP contribution in [0, 0.1) is 10.5 Å². The maximum absolute atomic E-state index is 12.2. The van der Waals surface area contributed by atoms with Crippen LogP contribution in [0.1, 0.15) is 27.2 Å². The van der Waals surface area contributed by atoms with Crippen LogP contribution in [0.15, 0.2) is 71.7 Å². The first-order valence-corrected chi connectivity index (χ1v) is 16.6. The van der Waals surface area contributed by atoms with Gasteiger partial charge in [-0.2, -0.15) is 0 Å². The lowest BCUT2D eigenvalue weighted by molar-refractivity contribution is 0.0628. The Bertz CT molecular complexity index is 1370. The monoisotopic (exact) mass is 611 g/mol. The number of carboxylic acid groups (broad SMARTS) is 1. The van der Waals surface area contributed by atoms with Crippen LogP contribution in [-0.2, 0) is 11.5 Å². The lowest BCUT2D eigenvalue weighted by atomic mass is 10.0. The highest BCUT2D eigenvalue weighted by Crippen LogP contribution is 2.31. The van der Waals surface area contributed by atoms with Crippen LogP contribution in [0.2, 0.25) is 25.7 Å². The Morgan fingerprint density at radius 3 is 2.17 bits per heavy atom. The minimum absolute atomic E-state index is 0.175. The average molecular weight is 612 g/mol. The second-order valence-corrected chi connectivity index (χ2v) is 16.6. The van der Waals surface area contributed by atoms with Crippen molar-refractivity contribution in [1.82, 2.24) is 9.55 Å². The summed E-state index contributed by atoms with van der Waals surface area (Å²) in [5, 5.41) is 9.99. The molecule has 4 rings (SSSR count). The minimum Gasteiger partial charge on any atom is -0.477 e. The summed E-state index contributed by atoms with van der Waals surface area (Å²) in [5.41, 5.74) is 5.19. The van der Waals surface area contributed by atoms with Crippen molar-refractivity contribution in [3.05, 3.63) is 92.7 Å². The number of carbonyl (C=O) groups is 1. The Labute approximate surface area is 226 Å². The highest BCUT2D eigenvalue weighted by molar-refractivity contribution is 14.1. The molecular weight excluding hydrogens is 581 g/mol. The fourth-order valence-corrected chi connectivity index (χ4v) is 5.57. The number of pyridine rings is 1. The second-order valence-electron chi connectivity index (χ2n) is 9.93. The Hall–Kier alpha value is -2.82. The van der Waals surface area contributed by atoms with Gasteiger partial charge in [-0.05, 0) is 47.2 Å². The van der Waals surface area contributed by atoms with E-state index in [9.17, 15) is 9.90 Å². The summed E-state index contributed by atoms with van der Waals surface area (Å²) >= 11 is 2.07. The van der Waals surface area contributed by atoms with Gasteiger partial charge in [-0.1, -0.05) is 80.3 Å². The average Bonchev–Trinajstić information content (AvgIpc) is 3.11. The largest absolute Gasteiger partial charge is 0.477 e. The Morgan fingerprint density at radius 1 is 1.06 bits per heavy atom. The van der Waals surface area contributed by atoms with Gasteiger partial charge in [0.25, 0.3) is 0 Å². The number of nitrogens with zero attached hydrogens (tertiary/aromatic N) is 3. The topological polar surface area (TPSA) is 76.7 Å². The molecule has 8 heteroatoms. The lowest BCUT2D eigenvalue weighted by Crippen LogP contribution is -2.22. The van der Waals surface area contributed by atoms with Crippen molar-refractivity contribution in [2.75, 3.05) is 6.61 Å². The van der Waals surface area contributed by atoms with Gasteiger partial charge in [0.05, 0.1) is 14.8 Å². The van der Waals surface area contributed by atoms with Crippen molar-refractivity contribution < 1.29 is 14.6 Å². The molecule has 6 nitrogen and oxygen atoms in total. The molecule has 1 N–H and O–H groups in total. The summed E-state index contributed by atoms with van der Waals surface area (Å²) in [7, 11) is -1.25. The first kappa shape index (κ1) is 26.2. The van der Waals surface area contributed by atoms with Crippen molar-refractivity contribution >= 4 is 59.2 Å². The van der Waals surface area contributed by atoms with E-state index in [1.165, 1.54) is 0 Å². The molecule has 0 aliphatic rings. The highest BCUT2D eigenvalue weighted by Gasteiger charge is 2.24. The predicted octanol–water partition coefficient (Wildman–Crippen LogP) is 7.13. The van der Waals surface area contributed by atoms with E-state index in [1.807, 2.05) is 73.7 Å². The van der Waals surface area contributed by atoms with Crippen molar-refractivity contribution in [2.45, 2.75) is 39.3 Å². The van der Waals surface area contributed by atoms with Gasteiger partial charge >= 0.3 is 5.97 Å². The molecule has 186 valence electrons. The van der Waals surface area contributed by atoms with Crippen molar-refractivity contribution in [3.63, 3.8) is 0 Å². The minimum atomic E-state index is -1.25. The van der Waals surface area contributed by atoms with Crippen LogP contribution in [0.3, 0.4) is 0 Å². The summed E-state index contributed by atoms with van der Waals surface area (Å²) in [4.78, 5) is 22.1. The molecule has 0 saturated carbocycles. The van der Waals surface area contributed by atoms with Gasteiger partial charge in [0.15, 0.2) is 5.82 Å². The molecule has 36 heavy (non-hydrogen) atoms. The summed E-state index contributed by atoms with van der Waals surface area (Å²) in [6, 6.07) is 23.0. The molecule has 0 aliphatic heterocycles. The molecule has 2 heterocycles. The first-order valence-electron chi connectivity index (χ1n) is 11.9. The number of fused-ring (bicyclic) bond motifs is 1. The van der Waals surface area contributed by atoms with Crippen LogP contribution < -0.4 is 0 Å². The molecule has 2 aromatic heterocycles. The third-order valence-electron chi connectivity index (χ3n) is 5.87. The van der Waals surface area contributed by atoms with Gasteiger partial charge in [-0.15, -0.1) is 0 Å². The van der Waals surface area contributed by atoms with Gasteiger partial charge in [0.1, 0.15) is 17.9 Å². The van der Waals surface area contributed by atoms with E-state index in [2.05, 4.69) is 42.2 Å². The Morgan fingerprint density at radius 2 is 1.64 bits per heavy atom. The molecule has 0 spiro atoms. The van der Waals surface area contributed by atoms with E-state index in [-0.39, 0.29) is 12.4 Å². The quantitative estimate of drug-likeness (QED) is 0.0946. The number of benzene rings is 2.